The standard InChI is InChI=1S/C15H17F3N2O3/c16-11-3-1-10(2-4-11)12(9-13(21)22)19-14(23)20-7-5-15(17,18)6-8-20/h1-4,12H,5-9H2,(H,19,23)(H,21,22). The van der Waals surface area contributed by atoms with E-state index in [1.165, 1.54) is 17.0 Å². The number of carbonyl (C=O) groups excluding carboxylic acids is 1. The molecule has 126 valence electrons. The van der Waals surface area contributed by atoms with E-state index in [9.17, 15) is 22.8 Å². The van der Waals surface area contributed by atoms with Gasteiger partial charge in [-0.15, -0.1) is 0 Å². The summed E-state index contributed by atoms with van der Waals surface area (Å²) in [7, 11) is 0. The zero-order chi connectivity index (χ0) is 17.0. The van der Waals surface area contributed by atoms with Gasteiger partial charge in [-0.05, 0) is 17.7 Å². The van der Waals surface area contributed by atoms with Gasteiger partial charge in [0, 0.05) is 25.9 Å². The molecule has 1 heterocycles. The Morgan fingerprint density at radius 2 is 1.78 bits per heavy atom. The van der Waals surface area contributed by atoms with Crippen molar-refractivity contribution in [2.45, 2.75) is 31.2 Å². The van der Waals surface area contributed by atoms with Crippen molar-refractivity contribution in [1.82, 2.24) is 10.2 Å². The SMILES string of the molecule is O=C(O)CC(NC(=O)N1CCC(F)(F)CC1)c1ccc(F)cc1. The summed E-state index contributed by atoms with van der Waals surface area (Å²) in [6, 6.07) is 3.63. The van der Waals surface area contributed by atoms with E-state index in [-0.39, 0.29) is 19.5 Å². The van der Waals surface area contributed by atoms with Gasteiger partial charge in [0.15, 0.2) is 0 Å². The van der Waals surface area contributed by atoms with Gasteiger partial charge in [-0.3, -0.25) is 4.79 Å². The zero-order valence-electron chi connectivity index (χ0n) is 12.3. The molecule has 8 heteroatoms. The molecule has 1 aromatic carbocycles. The molecule has 0 bridgehead atoms. The van der Waals surface area contributed by atoms with Crippen LogP contribution in [0.2, 0.25) is 0 Å². The quantitative estimate of drug-likeness (QED) is 0.892. The van der Waals surface area contributed by atoms with E-state index in [1.807, 2.05) is 0 Å². The van der Waals surface area contributed by atoms with Crippen LogP contribution in [0, 0.1) is 5.82 Å². The highest BCUT2D eigenvalue weighted by Gasteiger charge is 2.36. The molecule has 1 aromatic rings. The van der Waals surface area contributed by atoms with Crippen LogP contribution in [-0.2, 0) is 4.79 Å². The molecular formula is C15H17F3N2O3. The number of carboxylic acids is 1. The van der Waals surface area contributed by atoms with E-state index in [1.54, 1.807) is 0 Å². The number of piperidine rings is 1. The highest BCUT2D eigenvalue weighted by Crippen LogP contribution is 2.28. The van der Waals surface area contributed by atoms with Gasteiger partial charge in [-0.1, -0.05) is 12.1 Å². The number of hydrogen-bond donors (Lipinski definition) is 2. The van der Waals surface area contributed by atoms with Crippen molar-refractivity contribution < 1.29 is 27.9 Å². The van der Waals surface area contributed by atoms with Gasteiger partial charge in [0.1, 0.15) is 5.82 Å². The Balaban J connectivity index is 2.04. The lowest BCUT2D eigenvalue weighted by atomic mass is 10.0. The van der Waals surface area contributed by atoms with Gasteiger partial charge in [-0.25, -0.2) is 18.0 Å². The van der Waals surface area contributed by atoms with Gasteiger partial charge in [0.25, 0.3) is 5.92 Å². The van der Waals surface area contributed by atoms with Crippen molar-refractivity contribution in [2.24, 2.45) is 0 Å². The lowest BCUT2D eigenvalue weighted by Gasteiger charge is -2.33. The first-order valence-electron chi connectivity index (χ1n) is 7.17. The minimum Gasteiger partial charge on any atom is -0.481 e. The number of likely N-dealkylation sites (tertiary alicyclic amines) is 1. The maximum atomic E-state index is 13.1. The summed E-state index contributed by atoms with van der Waals surface area (Å²) in [6.45, 7) is -0.190. The van der Waals surface area contributed by atoms with E-state index >= 15 is 0 Å². The summed E-state index contributed by atoms with van der Waals surface area (Å²) in [5.74, 6) is -4.38. The molecule has 0 aromatic heterocycles. The van der Waals surface area contributed by atoms with E-state index in [0.29, 0.717) is 5.56 Å². The number of aliphatic carboxylic acids is 1. The molecule has 1 saturated heterocycles. The minimum atomic E-state index is -2.77. The molecule has 1 aliphatic heterocycles. The molecular weight excluding hydrogens is 313 g/mol. The predicted molar refractivity (Wildman–Crippen MR) is 75.7 cm³/mol. The summed E-state index contributed by atoms with van der Waals surface area (Å²) in [5, 5.41) is 11.5. The fourth-order valence-electron chi connectivity index (χ4n) is 2.40. The number of halogens is 3. The number of nitrogens with one attached hydrogen (secondary N) is 1. The highest BCUT2D eigenvalue weighted by atomic mass is 19.3. The van der Waals surface area contributed by atoms with Crippen molar-refractivity contribution in [3.05, 3.63) is 35.6 Å². The summed E-state index contributed by atoms with van der Waals surface area (Å²) in [4.78, 5) is 24.3. The Bertz CT molecular complexity index is 568. The van der Waals surface area contributed by atoms with Crippen LogP contribution in [0.25, 0.3) is 0 Å². The van der Waals surface area contributed by atoms with Crippen molar-refractivity contribution >= 4 is 12.0 Å². The van der Waals surface area contributed by atoms with Crippen LogP contribution in [0.15, 0.2) is 24.3 Å². The smallest absolute Gasteiger partial charge is 0.317 e. The Hall–Kier alpha value is -2.25. The van der Waals surface area contributed by atoms with E-state index in [4.69, 9.17) is 5.11 Å². The number of amides is 2. The van der Waals surface area contributed by atoms with Crippen molar-refractivity contribution in [2.75, 3.05) is 13.1 Å². The van der Waals surface area contributed by atoms with E-state index in [2.05, 4.69) is 5.32 Å². The molecule has 0 radical (unpaired) electrons. The zero-order valence-corrected chi connectivity index (χ0v) is 12.3. The first-order chi connectivity index (χ1) is 10.8. The van der Waals surface area contributed by atoms with Gasteiger partial charge in [-0.2, -0.15) is 0 Å². The normalized spacial score (nSPS) is 18.3. The number of nitrogens with zero attached hydrogens (tertiary/aromatic N) is 1. The largest absolute Gasteiger partial charge is 0.481 e. The van der Waals surface area contributed by atoms with Crippen molar-refractivity contribution in [3.63, 3.8) is 0 Å². The molecule has 0 aliphatic carbocycles. The molecule has 1 aliphatic rings. The van der Waals surface area contributed by atoms with Crippen LogP contribution in [0.1, 0.15) is 30.9 Å². The third-order valence-corrected chi connectivity index (χ3v) is 3.73. The Labute approximate surface area is 131 Å². The van der Waals surface area contributed by atoms with E-state index < -0.39 is 42.6 Å². The molecule has 5 nitrogen and oxygen atoms in total. The van der Waals surface area contributed by atoms with Crippen LogP contribution in [0.3, 0.4) is 0 Å². The summed E-state index contributed by atoms with van der Waals surface area (Å²) < 4.78 is 39.2. The van der Waals surface area contributed by atoms with Crippen LogP contribution in [-0.4, -0.2) is 41.0 Å². The first kappa shape index (κ1) is 17.1. The second kappa shape index (κ2) is 6.89. The summed E-state index contributed by atoms with van der Waals surface area (Å²) >= 11 is 0. The predicted octanol–water partition coefficient (Wildman–Crippen LogP) is 2.78. The number of urea groups is 1. The van der Waals surface area contributed by atoms with Gasteiger partial charge >= 0.3 is 12.0 Å². The van der Waals surface area contributed by atoms with Crippen molar-refractivity contribution in [3.8, 4) is 0 Å². The number of carboxylic acid groups (broad SMARTS) is 1. The Kier molecular flexibility index (Phi) is 5.12. The lowest BCUT2D eigenvalue weighted by molar-refractivity contribution is -0.137. The summed E-state index contributed by atoms with van der Waals surface area (Å²) in [5.41, 5.74) is 0.435. The van der Waals surface area contributed by atoms with Gasteiger partial charge in [0.05, 0.1) is 12.5 Å². The van der Waals surface area contributed by atoms with Crippen LogP contribution in [0.4, 0.5) is 18.0 Å². The van der Waals surface area contributed by atoms with Gasteiger partial charge in [0.2, 0.25) is 0 Å². The van der Waals surface area contributed by atoms with Crippen molar-refractivity contribution in [1.29, 1.82) is 0 Å². The molecule has 0 spiro atoms. The first-order valence-corrected chi connectivity index (χ1v) is 7.17. The number of hydrogen-bond acceptors (Lipinski definition) is 2. The van der Waals surface area contributed by atoms with Crippen LogP contribution < -0.4 is 5.32 Å². The maximum absolute atomic E-state index is 13.1. The monoisotopic (exact) mass is 330 g/mol. The maximum Gasteiger partial charge on any atom is 0.317 e. The topological polar surface area (TPSA) is 69.6 Å². The Morgan fingerprint density at radius 3 is 2.30 bits per heavy atom. The number of alkyl halides is 2. The third kappa shape index (κ3) is 4.87. The second-order valence-corrected chi connectivity index (χ2v) is 5.49. The fourth-order valence-corrected chi connectivity index (χ4v) is 2.40. The lowest BCUT2D eigenvalue weighted by Crippen LogP contribution is -2.48. The fraction of sp³-hybridized carbons (Fsp3) is 0.467. The molecule has 2 N–H and O–H groups in total. The average Bonchev–Trinajstić information content (AvgIpc) is 2.46. The third-order valence-electron chi connectivity index (χ3n) is 3.73. The van der Waals surface area contributed by atoms with Gasteiger partial charge < -0.3 is 15.3 Å². The Morgan fingerprint density at radius 1 is 1.22 bits per heavy atom. The molecule has 2 rings (SSSR count). The number of benzene rings is 1. The molecule has 0 saturated carbocycles. The van der Waals surface area contributed by atoms with Crippen LogP contribution in [0.5, 0.6) is 0 Å². The average molecular weight is 330 g/mol. The highest BCUT2D eigenvalue weighted by molar-refractivity contribution is 5.76. The second-order valence-electron chi connectivity index (χ2n) is 5.49. The van der Waals surface area contributed by atoms with Crippen LogP contribution >= 0.6 is 0 Å². The number of rotatable bonds is 4. The molecule has 1 atom stereocenters. The van der Waals surface area contributed by atoms with E-state index in [0.717, 1.165) is 12.1 Å². The molecule has 1 unspecified atom stereocenters. The molecule has 23 heavy (non-hydrogen) atoms. The summed E-state index contributed by atoms with van der Waals surface area (Å²) in [6.07, 6.45) is -1.22. The molecule has 2 amide bonds. The minimum absolute atomic E-state index is 0.0952. The number of carbonyl (C=O) groups is 2. The molecule has 1 fully saturated rings.